The molecule has 15 heavy (non-hydrogen) atoms. The van der Waals surface area contributed by atoms with Crippen LogP contribution in [0.4, 0.5) is 0 Å². The van der Waals surface area contributed by atoms with Crippen molar-refractivity contribution < 1.29 is 5.11 Å². The lowest BCUT2D eigenvalue weighted by molar-refractivity contribution is 0.282. The lowest BCUT2D eigenvalue weighted by Crippen LogP contribution is -1.81. The molecule has 2 rings (SSSR count). The molecule has 1 aromatic heterocycles. The third kappa shape index (κ3) is 2.25. The summed E-state index contributed by atoms with van der Waals surface area (Å²) < 4.78 is 0. The second-order valence-electron chi connectivity index (χ2n) is 3.33. The van der Waals surface area contributed by atoms with Crippen molar-refractivity contribution in [2.75, 3.05) is 0 Å². The first-order valence-corrected chi connectivity index (χ1v) is 5.80. The van der Waals surface area contributed by atoms with Crippen LogP contribution in [0.3, 0.4) is 0 Å². The van der Waals surface area contributed by atoms with Gasteiger partial charge in [-0.25, -0.2) is 4.98 Å². The number of hydrogen-bond donors (Lipinski definition) is 1. The molecule has 1 heterocycles. The van der Waals surface area contributed by atoms with Crippen molar-refractivity contribution in [1.82, 2.24) is 4.98 Å². The van der Waals surface area contributed by atoms with Gasteiger partial charge >= 0.3 is 0 Å². The van der Waals surface area contributed by atoms with Crippen LogP contribution in [0, 0.1) is 0 Å². The van der Waals surface area contributed by atoms with Gasteiger partial charge in [-0.1, -0.05) is 31.2 Å². The fraction of sp³-hybridized carbons (Fsp3) is 0.250. The minimum Gasteiger partial charge on any atom is -0.392 e. The predicted octanol–water partition coefficient (Wildman–Crippen LogP) is 2.86. The topological polar surface area (TPSA) is 33.1 Å². The molecule has 0 fully saturated rings. The Kier molecular flexibility index (Phi) is 3.14. The second kappa shape index (κ2) is 4.55. The third-order valence-electron chi connectivity index (χ3n) is 2.28. The molecule has 1 aromatic carbocycles. The van der Waals surface area contributed by atoms with Gasteiger partial charge in [0.1, 0.15) is 0 Å². The molecule has 0 saturated carbocycles. The van der Waals surface area contributed by atoms with Crippen LogP contribution in [0.25, 0.3) is 10.4 Å². The number of aliphatic hydroxyl groups is 1. The number of rotatable bonds is 3. The molecule has 0 atom stereocenters. The first-order valence-electron chi connectivity index (χ1n) is 4.98. The highest BCUT2D eigenvalue weighted by Crippen LogP contribution is 2.26. The van der Waals surface area contributed by atoms with E-state index in [1.165, 1.54) is 10.4 Å². The average Bonchev–Trinajstić information content (AvgIpc) is 2.78. The number of hydrogen-bond acceptors (Lipinski definition) is 3. The molecule has 0 aliphatic heterocycles. The molecule has 0 radical (unpaired) electrons. The molecule has 0 aliphatic carbocycles. The molecule has 78 valence electrons. The fourth-order valence-electron chi connectivity index (χ4n) is 1.38. The van der Waals surface area contributed by atoms with E-state index in [9.17, 15) is 0 Å². The van der Waals surface area contributed by atoms with Crippen LogP contribution >= 0.6 is 11.3 Å². The average molecular weight is 219 g/mol. The van der Waals surface area contributed by atoms with E-state index in [0.29, 0.717) is 0 Å². The van der Waals surface area contributed by atoms with E-state index in [1.54, 1.807) is 11.3 Å². The van der Waals surface area contributed by atoms with Crippen LogP contribution < -0.4 is 0 Å². The van der Waals surface area contributed by atoms with E-state index in [2.05, 4.69) is 11.9 Å². The Morgan fingerprint density at radius 1 is 1.27 bits per heavy atom. The summed E-state index contributed by atoms with van der Waals surface area (Å²) >= 11 is 1.73. The Morgan fingerprint density at radius 3 is 2.53 bits per heavy atom. The standard InChI is InChI=1S/C12H13NOS/c1-2-12-13-7-11(15-12)10-5-3-9(8-14)4-6-10/h3-7,14H,2,8H2,1H3. The quantitative estimate of drug-likeness (QED) is 0.861. The maximum atomic E-state index is 8.93. The smallest absolute Gasteiger partial charge is 0.0928 e. The zero-order valence-corrected chi connectivity index (χ0v) is 9.42. The van der Waals surface area contributed by atoms with Gasteiger partial charge in [0.05, 0.1) is 16.5 Å². The Hall–Kier alpha value is -1.19. The maximum Gasteiger partial charge on any atom is 0.0928 e. The summed E-state index contributed by atoms with van der Waals surface area (Å²) in [5, 5.41) is 10.1. The van der Waals surface area contributed by atoms with E-state index < -0.39 is 0 Å². The fourth-order valence-corrected chi connectivity index (χ4v) is 2.24. The van der Waals surface area contributed by atoms with Crippen LogP contribution in [-0.4, -0.2) is 10.1 Å². The van der Waals surface area contributed by atoms with E-state index >= 15 is 0 Å². The SMILES string of the molecule is CCc1ncc(-c2ccc(CO)cc2)s1. The highest BCUT2D eigenvalue weighted by molar-refractivity contribution is 7.15. The molecular formula is C12H13NOS. The van der Waals surface area contributed by atoms with Gasteiger partial charge in [0.15, 0.2) is 0 Å². The summed E-state index contributed by atoms with van der Waals surface area (Å²) in [5.74, 6) is 0. The van der Waals surface area contributed by atoms with Gasteiger partial charge in [0.2, 0.25) is 0 Å². The minimum absolute atomic E-state index is 0.100. The summed E-state index contributed by atoms with van der Waals surface area (Å²) in [5.41, 5.74) is 2.11. The molecule has 0 saturated heterocycles. The van der Waals surface area contributed by atoms with E-state index in [4.69, 9.17) is 5.11 Å². The monoisotopic (exact) mass is 219 g/mol. The number of aliphatic hydroxyl groups excluding tert-OH is 1. The zero-order valence-electron chi connectivity index (χ0n) is 8.60. The van der Waals surface area contributed by atoms with Crippen molar-refractivity contribution in [2.45, 2.75) is 20.0 Å². The predicted molar refractivity (Wildman–Crippen MR) is 62.9 cm³/mol. The Labute approximate surface area is 93.2 Å². The van der Waals surface area contributed by atoms with Crippen molar-refractivity contribution >= 4 is 11.3 Å². The number of aryl methyl sites for hydroxylation is 1. The molecule has 1 N–H and O–H groups in total. The summed E-state index contributed by atoms with van der Waals surface area (Å²) in [6, 6.07) is 7.94. The summed E-state index contributed by atoms with van der Waals surface area (Å²) in [6.07, 6.45) is 2.90. The molecule has 3 heteroatoms. The zero-order chi connectivity index (χ0) is 10.7. The summed E-state index contributed by atoms with van der Waals surface area (Å²) in [4.78, 5) is 5.51. The van der Waals surface area contributed by atoms with Crippen LogP contribution in [0.2, 0.25) is 0 Å². The number of thiazole rings is 1. The number of aromatic nitrogens is 1. The highest BCUT2D eigenvalue weighted by atomic mass is 32.1. The van der Waals surface area contributed by atoms with Gasteiger partial charge in [-0.15, -0.1) is 11.3 Å². The van der Waals surface area contributed by atoms with E-state index in [0.717, 1.165) is 17.0 Å². The summed E-state index contributed by atoms with van der Waals surface area (Å²) in [7, 11) is 0. The van der Waals surface area contributed by atoms with Crippen molar-refractivity contribution in [3.63, 3.8) is 0 Å². The van der Waals surface area contributed by atoms with Crippen LogP contribution in [-0.2, 0) is 13.0 Å². The summed E-state index contributed by atoms with van der Waals surface area (Å²) in [6.45, 7) is 2.21. The number of nitrogens with zero attached hydrogens (tertiary/aromatic N) is 1. The van der Waals surface area contributed by atoms with Crippen molar-refractivity contribution in [3.8, 4) is 10.4 Å². The van der Waals surface area contributed by atoms with Gasteiger partial charge in [-0.2, -0.15) is 0 Å². The highest BCUT2D eigenvalue weighted by Gasteiger charge is 2.02. The van der Waals surface area contributed by atoms with Crippen LogP contribution in [0.5, 0.6) is 0 Å². The molecule has 0 bridgehead atoms. The normalized spacial score (nSPS) is 10.5. The van der Waals surface area contributed by atoms with Gasteiger partial charge in [-0.05, 0) is 17.5 Å². The van der Waals surface area contributed by atoms with Gasteiger partial charge < -0.3 is 5.11 Å². The van der Waals surface area contributed by atoms with Crippen LogP contribution in [0.15, 0.2) is 30.5 Å². The van der Waals surface area contributed by atoms with Crippen molar-refractivity contribution in [2.24, 2.45) is 0 Å². The van der Waals surface area contributed by atoms with Crippen molar-refractivity contribution in [1.29, 1.82) is 0 Å². The second-order valence-corrected chi connectivity index (χ2v) is 4.44. The Bertz CT molecular complexity index is 433. The molecule has 0 unspecified atom stereocenters. The molecule has 2 nitrogen and oxygen atoms in total. The molecule has 0 spiro atoms. The lowest BCUT2D eigenvalue weighted by atomic mass is 10.1. The molecule has 0 aliphatic rings. The van der Waals surface area contributed by atoms with Gasteiger partial charge in [0, 0.05) is 6.20 Å². The lowest BCUT2D eigenvalue weighted by Gasteiger charge is -1.98. The van der Waals surface area contributed by atoms with Gasteiger partial charge in [-0.3, -0.25) is 0 Å². The number of benzene rings is 1. The first-order chi connectivity index (χ1) is 7.33. The van der Waals surface area contributed by atoms with Crippen LogP contribution in [0.1, 0.15) is 17.5 Å². The largest absolute Gasteiger partial charge is 0.392 e. The Morgan fingerprint density at radius 2 is 2.00 bits per heavy atom. The maximum absolute atomic E-state index is 8.93. The molecule has 0 amide bonds. The van der Waals surface area contributed by atoms with E-state index in [1.807, 2.05) is 30.5 Å². The minimum atomic E-state index is 0.100. The third-order valence-corrected chi connectivity index (χ3v) is 3.47. The Balaban J connectivity index is 2.28. The molecule has 2 aromatic rings. The van der Waals surface area contributed by atoms with E-state index in [-0.39, 0.29) is 6.61 Å². The van der Waals surface area contributed by atoms with Gasteiger partial charge in [0.25, 0.3) is 0 Å². The first kappa shape index (κ1) is 10.3. The van der Waals surface area contributed by atoms with Crippen molar-refractivity contribution in [3.05, 3.63) is 41.0 Å². The molecular weight excluding hydrogens is 206 g/mol.